The molecule has 0 aliphatic carbocycles. The molecule has 5 aliphatic rings. The summed E-state index contributed by atoms with van der Waals surface area (Å²) in [5.74, 6) is -0.650. The number of nitrogen functional groups attached to an aromatic ring is 5. The van der Waals surface area contributed by atoms with Gasteiger partial charge in [0.05, 0.1) is 58.1 Å². The SMILES string of the molecule is Cc1cn([C@H]2C[C@H](OP(=O)(O)OC[C@H]3O[C@@H](n4cnc5c(=O)[nH]c(N)nc54)C[C@@H]3O)[C@@H](COP(=O)(O)O[C@H]3C[C@H](n4cnc5c(N)ncnc54)O[C@@H]3COP(=O)(O)O[C@H]3C[C@H](n4ccc(N)nc4=O)O[C@@H]3COP(=O)(O)O[C@H]3C[C@H](n4cnc5c(=O)[nH]c(N)nc54)O[C@@H]3COP(=O)(O)OCc3ccc(-n4cnc5c(N)ncnc54)o3)O2)c(=O)[nH]c1=O. The molecule has 57 nitrogen and oxygen atoms in total. The van der Waals surface area contributed by atoms with Crippen molar-refractivity contribution in [2.24, 2.45) is 0 Å². The van der Waals surface area contributed by atoms with Crippen LogP contribution in [0.25, 0.3) is 50.5 Å². The highest BCUT2D eigenvalue weighted by Gasteiger charge is 2.51. The number of phosphoric ester groups is 5. The number of hydrogen-bond donors (Lipinski definition) is 14. The lowest BCUT2D eigenvalue weighted by Gasteiger charge is -2.26. The fourth-order valence-electron chi connectivity index (χ4n) is 13.8. The van der Waals surface area contributed by atoms with Gasteiger partial charge in [0.1, 0.15) is 129 Å². The van der Waals surface area contributed by atoms with Crippen LogP contribution in [0.1, 0.15) is 74.6 Å². The third kappa shape index (κ3) is 18.4. The van der Waals surface area contributed by atoms with Crippen LogP contribution >= 0.6 is 39.1 Å². The lowest BCUT2D eigenvalue weighted by atomic mass is 10.2. The van der Waals surface area contributed by atoms with Crippen LogP contribution < -0.4 is 56.7 Å². The average molecular weight is 1800 g/mol. The van der Waals surface area contributed by atoms with Crippen LogP contribution in [-0.4, -0.2) is 221 Å². The summed E-state index contributed by atoms with van der Waals surface area (Å²) in [6, 6.07) is 4.09. The maximum Gasteiger partial charge on any atom is 0.472 e. The normalized spacial score (nSPS) is 27.1. The Morgan fingerprint density at radius 3 is 1.36 bits per heavy atom. The van der Waals surface area contributed by atoms with Gasteiger partial charge in [0, 0.05) is 56.1 Å². The summed E-state index contributed by atoms with van der Waals surface area (Å²) in [4.78, 5) is 173. The number of hydrogen-bond acceptors (Lipinski definition) is 43. The van der Waals surface area contributed by atoms with Gasteiger partial charge in [0.2, 0.25) is 17.8 Å². The van der Waals surface area contributed by atoms with E-state index in [2.05, 4.69) is 69.8 Å². The van der Waals surface area contributed by atoms with E-state index in [-0.39, 0.29) is 97.6 Å². The number of imidazole rings is 4. The molecule has 11 aromatic rings. The molecule has 5 fully saturated rings. The predicted octanol–water partition coefficient (Wildman–Crippen LogP) is -1.02. The highest BCUT2D eigenvalue weighted by molar-refractivity contribution is 7.48. The third-order valence-corrected chi connectivity index (χ3v) is 24.4. The van der Waals surface area contributed by atoms with Gasteiger partial charge in [-0.1, -0.05) is 0 Å². The number of H-pyrrole nitrogens is 3. The van der Waals surface area contributed by atoms with Crippen molar-refractivity contribution in [3.05, 3.63) is 132 Å². The van der Waals surface area contributed by atoms with E-state index < -0.39 is 225 Å². The molecule has 0 spiro atoms. The number of nitrogens with zero attached hydrogens (tertiary/aromatic N) is 17. The van der Waals surface area contributed by atoms with Crippen LogP contribution in [0.5, 0.6) is 0 Å². The zero-order chi connectivity index (χ0) is 85.5. The molecule has 121 heavy (non-hydrogen) atoms. The van der Waals surface area contributed by atoms with Gasteiger partial charge >= 0.3 is 50.5 Å². The smallest absolute Gasteiger partial charge is 0.442 e. The summed E-state index contributed by atoms with van der Waals surface area (Å²) >= 11 is 0. The summed E-state index contributed by atoms with van der Waals surface area (Å²) in [6.45, 7) is -4.30. The van der Waals surface area contributed by atoms with Crippen LogP contribution in [0, 0.1) is 6.92 Å². The van der Waals surface area contributed by atoms with Crippen LogP contribution in [0.4, 0.5) is 29.4 Å². The molecular weight excluding hydrogens is 1730 g/mol. The number of furan rings is 1. The zero-order valence-corrected chi connectivity index (χ0v) is 66.3. The molecule has 11 aromatic heterocycles. The van der Waals surface area contributed by atoms with Gasteiger partial charge in [-0.2, -0.15) is 15.0 Å². The van der Waals surface area contributed by atoms with E-state index in [0.29, 0.717) is 0 Å². The first-order valence-electron chi connectivity index (χ1n) is 35.7. The van der Waals surface area contributed by atoms with E-state index in [1.54, 1.807) is 0 Å². The lowest BCUT2D eigenvalue weighted by Crippen LogP contribution is -2.33. The summed E-state index contributed by atoms with van der Waals surface area (Å²) in [6.07, 6.45) is -15.6. The first-order chi connectivity index (χ1) is 57.4. The Hall–Kier alpha value is -10.0. The molecule has 0 saturated carbocycles. The standard InChI is InChI=1S/C59H70N25O32P5/c1-24-11-80(59(90)78-53(24)86)40-8-28(114-118(93,94)103-13-31-26(85)6-38(108-31)83-22-71-45-51(83)74-56(63)76-54(45)87)34(110-40)16-105-121(99,100)115-29-9-41(82-21-70-44-48(62)66-19-68-50(44)82)111-35(29)17-106-119(95,96)113-27-7-39(79-5-4-36(60)73-58(79)89)109-33(27)15-104-120(97,98)116-30-10-42(84-23-72-46-52(84)75-57(64)77-55(46)88)112-32(30)14-102-117(91,92)101-12-25-2-3-37(107-25)81-20-69-43-47(61)65-18-67-49(43)81/h2-5,11,18-23,26-35,38-42,85H,6-10,12-17H2,1H3,(H,91,92)(H,93,94)(H,95,96)(H,97,98)(H,99,100)(H2,60,73,89)(H2,61,65,67)(H2,62,66,68)(H,78,86,90)(H3,63,74,76,87)(H3,64,75,77,88)/t26-,27-,28-,29-,30-,31+,32+,33+,34+,35+,38+,39+,40+,41+,42+/m0/s1. The Bertz CT molecular complexity index is 6350. The number of rotatable bonds is 32. The van der Waals surface area contributed by atoms with Crippen LogP contribution in [0.3, 0.4) is 0 Å². The van der Waals surface area contributed by atoms with Gasteiger partial charge in [-0.3, -0.25) is 102 Å². The zero-order valence-electron chi connectivity index (χ0n) is 61.8. The molecule has 16 rings (SSSR count). The molecule has 20 atom stereocenters. The van der Waals surface area contributed by atoms with E-state index in [0.717, 1.165) is 34.2 Å². The quantitative estimate of drug-likeness (QED) is 0.0224. The molecule has 0 bridgehead atoms. The fraction of sp³-hybridized carbons (Fsp3) is 0.458. The van der Waals surface area contributed by atoms with Crippen LogP contribution in [-0.2, 0) is 98.4 Å². The fourth-order valence-corrected chi connectivity index (χ4v) is 18.4. The number of anilines is 5. The minimum Gasteiger partial charge on any atom is -0.442 e. The Kier molecular flexibility index (Phi) is 23.3. The number of aliphatic hydroxyl groups excluding tert-OH is 1. The molecular formula is C59H70N25O32P5. The lowest BCUT2D eigenvalue weighted by molar-refractivity contribution is -0.0642. The van der Waals surface area contributed by atoms with Crippen molar-refractivity contribution in [1.29, 1.82) is 0 Å². The van der Waals surface area contributed by atoms with Gasteiger partial charge < -0.3 is 86.3 Å². The molecule has 0 radical (unpaired) electrons. The second-order valence-corrected chi connectivity index (χ2v) is 34.6. The van der Waals surface area contributed by atoms with Gasteiger partial charge in [0.25, 0.3) is 16.7 Å². The summed E-state index contributed by atoms with van der Waals surface area (Å²) in [5.41, 5.74) is 25.4. The Morgan fingerprint density at radius 2 is 0.860 bits per heavy atom. The van der Waals surface area contributed by atoms with Gasteiger partial charge in [0.15, 0.2) is 50.8 Å². The molecule has 0 amide bonds. The van der Waals surface area contributed by atoms with Crippen molar-refractivity contribution in [3.63, 3.8) is 0 Å². The second kappa shape index (κ2) is 33.3. The summed E-state index contributed by atoms with van der Waals surface area (Å²) in [5, 5.41) is 11.0. The first kappa shape index (κ1) is 84.6. The number of aliphatic hydroxyl groups is 1. The van der Waals surface area contributed by atoms with E-state index in [1.807, 2.05) is 0 Å². The van der Waals surface area contributed by atoms with E-state index >= 15 is 0 Å². The minimum atomic E-state index is -5.60. The van der Waals surface area contributed by atoms with Crippen molar-refractivity contribution in [2.45, 2.75) is 138 Å². The summed E-state index contributed by atoms with van der Waals surface area (Å²) in [7, 11) is -27.2. The monoisotopic (exact) mass is 1800 g/mol. The van der Waals surface area contributed by atoms with Crippen molar-refractivity contribution >= 4 is 113 Å². The molecule has 5 aliphatic heterocycles. The van der Waals surface area contributed by atoms with Gasteiger partial charge in [-0.25, -0.2) is 72.3 Å². The van der Waals surface area contributed by atoms with Gasteiger partial charge in [-0.05, 0) is 19.1 Å². The molecule has 19 N–H and O–H groups in total. The second-order valence-electron chi connectivity index (χ2n) is 27.5. The summed E-state index contributed by atoms with van der Waals surface area (Å²) < 4.78 is 169. The van der Waals surface area contributed by atoms with Crippen LogP contribution in [0.2, 0.25) is 0 Å². The number of aryl methyl sites for hydroxylation is 1. The molecule has 62 heteroatoms. The molecule has 0 aromatic carbocycles. The number of aromatic amines is 3. The van der Waals surface area contributed by atoms with Crippen molar-refractivity contribution < 1.29 is 126 Å². The average Bonchev–Trinajstić information content (AvgIpc) is 1.65. The Balaban J connectivity index is 0.598. The number of aromatic nitrogens is 20. The number of fused-ring (bicyclic) bond motifs is 4. The topological polar surface area (TPSA) is 793 Å². The predicted molar refractivity (Wildman–Crippen MR) is 399 cm³/mol. The highest BCUT2D eigenvalue weighted by Crippen LogP contribution is 2.56. The molecule has 16 heterocycles. The van der Waals surface area contributed by atoms with E-state index in [4.69, 9.17) is 102 Å². The third-order valence-electron chi connectivity index (χ3n) is 19.5. The maximum absolute atomic E-state index is 14.4. The Morgan fingerprint density at radius 1 is 0.446 bits per heavy atom. The number of phosphoric acid groups is 5. The van der Waals surface area contributed by atoms with E-state index in [1.165, 1.54) is 68.7 Å². The number of nitrogens with two attached hydrogens (primary N) is 5. The maximum atomic E-state index is 14.4. The molecule has 648 valence electrons. The highest BCUT2D eigenvalue weighted by atomic mass is 31.2. The van der Waals surface area contributed by atoms with Crippen molar-refractivity contribution in [2.75, 3.05) is 61.7 Å². The Labute approximate surface area is 670 Å². The number of ether oxygens (including phenoxy) is 5. The molecule has 5 unspecified atom stereocenters. The van der Waals surface area contributed by atoms with E-state index in [9.17, 15) is 76.4 Å². The molecule has 5 saturated heterocycles. The minimum absolute atomic E-state index is 0.00411. The van der Waals surface area contributed by atoms with Crippen LogP contribution in [0.15, 0.2) is 96.9 Å². The van der Waals surface area contributed by atoms with Crippen molar-refractivity contribution in [1.82, 2.24) is 97.2 Å². The largest absolute Gasteiger partial charge is 0.472 e. The van der Waals surface area contributed by atoms with Gasteiger partial charge in [-0.15, -0.1) is 0 Å². The number of nitrogens with one attached hydrogen (secondary N) is 3. The van der Waals surface area contributed by atoms with Crippen molar-refractivity contribution in [3.8, 4) is 5.88 Å². The first-order valence-corrected chi connectivity index (χ1v) is 43.2.